The van der Waals surface area contributed by atoms with E-state index in [0.717, 1.165) is 16.8 Å². The summed E-state index contributed by atoms with van der Waals surface area (Å²) in [7, 11) is 0. The second-order valence-electron chi connectivity index (χ2n) is 6.15. The Labute approximate surface area is 147 Å². The minimum absolute atomic E-state index is 0.140. The van der Waals surface area contributed by atoms with Crippen molar-refractivity contribution in [1.29, 1.82) is 0 Å². The Morgan fingerprint density at radius 2 is 1.96 bits per heavy atom. The number of amides is 1. The highest BCUT2D eigenvalue weighted by molar-refractivity contribution is 5.97. The Bertz CT molecular complexity index is 866. The maximum absolute atomic E-state index is 12.4. The normalized spacial score (nSPS) is 11.0. The number of hydrogen-bond acceptors (Lipinski definition) is 4. The Balaban J connectivity index is 1.67. The molecule has 0 aliphatic carbocycles. The second kappa shape index (κ2) is 7.38. The Hall–Kier alpha value is -2.82. The van der Waals surface area contributed by atoms with Gasteiger partial charge in [-0.1, -0.05) is 26.0 Å². The molecule has 2 aromatic carbocycles. The van der Waals surface area contributed by atoms with E-state index in [9.17, 15) is 4.79 Å². The number of hydrogen-bond donors (Lipinski definition) is 1. The SMILES string of the molecule is CCOc1ccc(CNC(=O)c2ccc3nc(C(C)C)oc3c2)cc1. The fourth-order valence-electron chi connectivity index (χ4n) is 2.49. The molecule has 0 radical (unpaired) electrons. The third kappa shape index (κ3) is 3.99. The van der Waals surface area contributed by atoms with Gasteiger partial charge in [0.25, 0.3) is 5.91 Å². The monoisotopic (exact) mass is 338 g/mol. The number of fused-ring (bicyclic) bond motifs is 1. The summed E-state index contributed by atoms with van der Waals surface area (Å²) in [6.07, 6.45) is 0. The van der Waals surface area contributed by atoms with Crippen LogP contribution in [0.1, 0.15) is 48.5 Å². The number of aromatic nitrogens is 1. The first-order chi connectivity index (χ1) is 12.1. The summed E-state index contributed by atoms with van der Waals surface area (Å²) in [5, 5.41) is 2.92. The van der Waals surface area contributed by atoms with Gasteiger partial charge < -0.3 is 14.5 Å². The lowest BCUT2D eigenvalue weighted by atomic mass is 10.1. The maximum Gasteiger partial charge on any atom is 0.251 e. The molecule has 0 saturated heterocycles. The van der Waals surface area contributed by atoms with Gasteiger partial charge in [0.2, 0.25) is 0 Å². The molecule has 130 valence electrons. The van der Waals surface area contributed by atoms with Crippen LogP contribution in [0.2, 0.25) is 0 Å². The minimum atomic E-state index is -0.140. The van der Waals surface area contributed by atoms with Crippen LogP contribution in [-0.2, 0) is 6.54 Å². The van der Waals surface area contributed by atoms with Gasteiger partial charge >= 0.3 is 0 Å². The molecule has 3 aromatic rings. The smallest absolute Gasteiger partial charge is 0.251 e. The van der Waals surface area contributed by atoms with Gasteiger partial charge in [0.05, 0.1) is 6.61 Å². The van der Waals surface area contributed by atoms with Crippen molar-refractivity contribution in [3.05, 3.63) is 59.5 Å². The predicted molar refractivity (Wildman–Crippen MR) is 96.9 cm³/mol. The van der Waals surface area contributed by atoms with E-state index < -0.39 is 0 Å². The van der Waals surface area contributed by atoms with Crippen molar-refractivity contribution in [2.24, 2.45) is 0 Å². The number of carbonyl (C=O) groups excluding carboxylic acids is 1. The average Bonchev–Trinajstić information content (AvgIpc) is 3.04. The predicted octanol–water partition coefficient (Wildman–Crippen LogP) is 4.28. The number of nitrogens with zero attached hydrogens (tertiary/aromatic N) is 1. The fourth-order valence-corrected chi connectivity index (χ4v) is 2.49. The molecule has 0 unspecified atom stereocenters. The third-order valence-corrected chi connectivity index (χ3v) is 3.85. The minimum Gasteiger partial charge on any atom is -0.494 e. The van der Waals surface area contributed by atoms with Crippen LogP contribution in [0.3, 0.4) is 0 Å². The fraction of sp³-hybridized carbons (Fsp3) is 0.300. The van der Waals surface area contributed by atoms with E-state index in [1.54, 1.807) is 12.1 Å². The molecule has 1 amide bonds. The molecule has 3 rings (SSSR count). The summed E-state index contributed by atoms with van der Waals surface area (Å²) in [6.45, 7) is 7.09. The number of oxazole rings is 1. The van der Waals surface area contributed by atoms with Crippen LogP contribution in [0, 0.1) is 0 Å². The zero-order valence-electron chi connectivity index (χ0n) is 14.7. The molecule has 5 heteroatoms. The Morgan fingerprint density at radius 3 is 2.64 bits per heavy atom. The summed E-state index contributed by atoms with van der Waals surface area (Å²) in [5.41, 5.74) is 2.98. The lowest BCUT2D eigenvalue weighted by molar-refractivity contribution is 0.0951. The molecular weight excluding hydrogens is 316 g/mol. The van der Waals surface area contributed by atoms with Crippen molar-refractivity contribution in [2.45, 2.75) is 33.2 Å². The molecular formula is C20H22N2O3. The van der Waals surface area contributed by atoms with Crippen molar-refractivity contribution in [2.75, 3.05) is 6.61 Å². The van der Waals surface area contributed by atoms with Gasteiger partial charge in [-0.3, -0.25) is 4.79 Å². The van der Waals surface area contributed by atoms with Crippen LogP contribution in [0.25, 0.3) is 11.1 Å². The van der Waals surface area contributed by atoms with E-state index in [0.29, 0.717) is 30.2 Å². The molecule has 25 heavy (non-hydrogen) atoms. The average molecular weight is 338 g/mol. The number of ether oxygens (including phenoxy) is 1. The van der Waals surface area contributed by atoms with E-state index >= 15 is 0 Å². The molecule has 1 heterocycles. The van der Waals surface area contributed by atoms with Crippen LogP contribution >= 0.6 is 0 Å². The molecule has 0 aliphatic rings. The maximum atomic E-state index is 12.4. The van der Waals surface area contributed by atoms with Crippen molar-refractivity contribution < 1.29 is 13.9 Å². The molecule has 0 atom stereocenters. The van der Waals surface area contributed by atoms with Crippen LogP contribution < -0.4 is 10.1 Å². The summed E-state index contributed by atoms with van der Waals surface area (Å²) in [6, 6.07) is 13.0. The van der Waals surface area contributed by atoms with Gasteiger partial charge in [-0.25, -0.2) is 4.98 Å². The summed E-state index contributed by atoms with van der Waals surface area (Å²) >= 11 is 0. The molecule has 1 N–H and O–H groups in total. The van der Waals surface area contributed by atoms with Crippen molar-refractivity contribution >= 4 is 17.0 Å². The van der Waals surface area contributed by atoms with Gasteiger partial charge in [-0.15, -0.1) is 0 Å². The van der Waals surface area contributed by atoms with Crippen LogP contribution in [-0.4, -0.2) is 17.5 Å². The van der Waals surface area contributed by atoms with Gasteiger partial charge in [0.15, 0.2) is 11.5 Å². The lowest BCUT2D eigenvalue weighted by Gasteiger charge is -2.07. The first-order valence-corrected chi connectivity index (χ1v) is 8.47. The second-order valence-corrected chi connectivity index (χ2v) is 6.15. The summed E-state index contributed by atoms with van der Waals surface area (Å²) in [5.74, 6) is 1.58. The molecule has 0 bridgehead atoms. The standard InChI is InChI=1S/C20H22N2O3/c1-4-24-16-8-5-14(6-9-16)12-21-19(23)15-7-10-17-18(11-15)25-20(22-17)13(2)3/h5-11,13H,4,12H2,1-3H3,(H,21,23). The zero-order chi connectivity index (χ0) is 17.8. The van der Waals surface area contributed by atoms with E-state index in [4.69, 9.17) is 9.15 Å². The van der Waals surface area contributed by atoms with Crippen molar-refractivity contribution in [3.63, 3.8) is 0 Å². The lowest BCUT2D eigenvalue weighted by Crippen LogP contribution is -2.22. The highest BCUT2D eigenvalue weighted by Crippen LogP contribution is 2.22. The first kappa shape index (κ1) is 17.0. The zero-order valence-corrected chi connectivity index (χ0v) is 14.7. The molecule has 5 nitrogen and oxygen atoms in total. The number of benzene rings is 2. The summed E-state index contributed by atoms with van der Waals surface area (Å²) < 4.78 is 11.1. The molecule has 0 aliphatic heterocycles. The number of rotatable bonds is 6. The van der Waals surface area contributed by atoms with E-state index in [2.05, 4.69) is 10.3 Å². The van der Waals surface area contributed by atoms with E-state index in [1.807, 2.05) is 51.1 Å². The molecule has 0 fully saturated rings. The number of carbonyl (C=O) groups is 1. The molecule has 0 saturated carbocycles. The van der Waals surface area contributed by atoms with Crippen LogP contribution in [0.5, 0.6) is 5.75 Å². The van der Waals surface area contributed by atoms with Gasteiger partial charge in [0.1, 0.15) is 11.3 Å². The van der Waals surface area contributed by atoms with E-state index in [1.165, 1.54) is 0 Å². The van der Waals surface area contributed by atoms with Crippen LogP contribution in [0.4, 0.5) is 0 Å². The van der Waals surface area contributed by atoms with Crippen molar-refractivity contribution in [1.82, 2.24) is 10.3 Å². The quantitative estimate of drug-likeness (QED) is 0.728. The molecule has 0 spiro atoms. The van der Waals surface area contributed by atoms with Gasteiger partial charge in [-0.05, 0) is 42.8 Å². The Morgan fingerprint density at radius 1 is 1.20 bits per heavy atom. The van der Waals surface area contributed by atoms with Gasteiger partial charge in [-0.2, -0.15) is 0 Å². The largest absolute Gasteiger partial charge is 0.494 e. The summed E-state index contributed by atoms with van der Waals surface area (Å²) in [4.78, 5) is 16.8. The highest BCUT2D eigenvalue weighted by Gasteiger charge is 2.12. The first-order valence-electron chi connectivity index (χ1n) is 8.47. The van der Waals surface area contributed by atoms with Crippen LogP contribution in [0.15, 0.2) is 46.9 Å². The third-order valence-electron chi connectivity index (χ3n) is 3.85. The Kier molecular flexibility index (Phi) is 5.03. The topological polar surface area (TPSA) is 64.4 Å². The van der Waals surface area contributed by atoms with Gasteiger partial charge in [0, 0.05) is 18.0 Å². The van der Waals surface area contributed by atoms with E-state index in [-0.39, 0.29) is 11.8 Å². The number of nitrogens with one attached hydrogen (secondary N) is 1. The highest BCUT2D eigenvalue weighted by atomic mass is 16.5. The molecule has 1 aromatic heterocycles. The van der Waals surface area contributed by atoms with Crippen molar-refractivity contribution in [3.8, 4) is 5.75 Å².